The summed E-state index contributed by atoms with van der Waals surface area (Å²) in [7, 11) is 0. The minimum atomic E-state index is 0.0201. The molecule has 2 fully saturated rings. The molecule has 136 valence electrons. The number of hydrogen-bond acceptors (Lipinski definition) is 3. The molecule has 0 aromatic carbocycles. The standard InChI is InChI=1S/C19H28N4O2/c1-15(2)21-18(25)22-11-3-7-19(13-22)8-4-17(24)23(14-19)12-16-5-9-20-10-6-16/h5-6,9-10,15H,3-4,7-8,11-14H2,1-2H3,(H,21,25). The summed E-state index contributed by atoms with van der Waals surface area (Å²) in [5.41, 5.74) is 1.14. The van der Waals surface area contributed by atoms with Gasteiger partial charge in [0.2, 0.25) is 5.91 Å². The van der Waals surface area contributed by atoms with Crippen molar-refractivity contribution in [2.75, 3.05) is 19.6 Å². The van der Waals surface area contributed by atoms with Gasteiger partial charge in [0.25, 0.3) is 0 Å². The van der Waals surface area contributed by atoms with Crippen molar-refractivity contribution in [3.8, 4) is 0 Å². The van der Waals surface area contributed by atoms with Crippen molar-refractivity contribution < 1.29 is 9.59 Å². The minimum absolute atomic E-state index is 0.0201. The van der Waals surface area contributed by atoms with Crippen LogP contribution in [0.5, 0.6) is 0 Å². The first kappa shape index (κ1) is 17.7. The van der Waals surface area contributed by atoms with E-state index in [1.54, 1.807) is 12.4 Å². The van der Waals surface area contributed by atoms with Gasteiger partial charge in [-0.15, -0.1) is 0 Å². The van der Waals surface area contributed by atoms with Gasteiger partial charge in [0.1, 0.15) is 0 Å². The molecule has 6 heteroatoms. The van der Waals surface area contributed by atoms with Gasteiger partial charge in [-0.25, -0.2) is 4.79 Å². The lowest BCUT2D eigenvalue weighted by Gasteiger charge is -2.48. The molecule has 0 saturated carbocycles. The molecule has 3 rings (SSSR count). The Labute approximate surface area is 149 Å². The van der Waals surface area contributed by atoms with Crippen LogP contribution in [0, 0.1) is 5.41 Å². The number of amides is 3. The summed E-state index contributed by atoms with van der Waals surface area (Å²) in [6.45, 7) is 6.87. The highest BCUT2D eigenvalue weighted by molar-refractivity contribution is 5.77. The predicted octanol–water partition coefficient (Wildman–Crippen LogP) is 2.40. The Kier molecular flexibility index (Phi) is 5.25. The number of carbonyl (C=O) groups is 2. The second-order valence-corrected chi connectivity index (χ2v) is 7.73. The molecule has 1 unspecified atom stereocenters. The fourth-order valence-electron chi connectivity index (χ4n) is 4.01. The number of carbonyl (C=O) groups excluding carboxylic acids is 2. The summed E-state index contributed by atoms with van der Waals surface area (Å²) < 4.78 is 0. The number of nitrogens with zero attached hydrogens (tertiary/aromatic N) is 3. The van der Waals surface area contributed by atoms with Crippen molar-refractivity contribution >= 4 is 11.9 Å². The third kappa shape index (κ3) is 4.30. The SMILES string of the molecule is CC(C)NC(=O)N1CCCC2(CCC(=O)N(Cc3ccncc3)C2)C1. The van der Waals surface area contributed by atoms with Crippen LogP contribution in [-0.2, 0) is 11.3 Å². The number of likely N-dealkylation sites (tertiary alicyclic amines) is 2. The molecule has 2 aliphatic rings. The third-order valence-corrected chi connectivity index (χ3v) is 5.23. The van der Waals surface area contributed by atoms with Crippen LogP contribution >= 0.6 is 0 Å². The van der Waals surface area contributed by atoms with Crippen LogP contribution in [0.15, 0.2) is 24.5 Å². The zero-order valence-corrected chi connectivity index (χ0v) is 15.2. The van der Waals surface area contributed by atoms with Gasteiger partial charge >= 0.3 is 6.03 Å². The molecule has 1 atom stereocenters. The quantitative estimate of drug-likeness (QED) is 0.916. The van der Waals surface area contributed by atoms with E-state index in [9.17, 15) is 9.59 Å². The zero-order chi connectivity index (χ0) is 17.9. The van der Waals surface area contributed by atoms with E-state index in [2.05, 4.69) is 10.3 Å². The summed E-state index contributed by atoms with van der Waals surface area (Å²) in [6.07, 6.45) is 7.06. The Morgan fingerprint density at radius 3 is 2.76 bits per heavy atom. The predicted molar refractivity (Wildman–Crippen MR) is 95.8 cm³/mol. The van der Waals surface area contributed by atoms with Crippen molar-refractivity contribution in [1.82, 2.24) is 20.1 Å². The van der Waals surface area contributed by atoms with E-state index in [-0.39, 0.29) is 23.4 Å². The average molecular weight is 344 g/mol. The van der Waals surface area contributed by atoms with E-state index < -0.39 is 0 Å². The van der Waals surface area contributed by atoms with Gasteiger partial charge < -0.3 is 15.1 Å². The zero-order valence-electron chi connectivity index (χ0n) is 15.2. The molecule has 3 amide bonds. The second-order valence-electron chi connectivity index (χ2n) is 7.73. The number of aromatic nitrogens is 1. The third-order valence-electron chi connectivity index (χ3n) is 5.23. The maximum Gasteiger partial charge on any atom is 0.317 e. The van der Waals surface area contributed by atoms with Crippen molar-refractivity contribution in [2.45, 2.75) is 52.1 Å². The van der Waals surface area contributed by atoms with Crippen LogP contribution in [0.25, 0.3) is 0 Å². The monoisotopic (exact) mass is 344 g/mol. The van der Waals surface area contributed by atoms with Crippen molar-refractivity contribution in [3.63, 3.8) is 0 Å². The molecule has 0 aliphatic carbocycles. The average Bonchev–Trinajstić information content (AvgIpc) is 2.59. The summed E-state index contributed by atoms with van der Waals surface area (Å²) in [5.74, 6) is 0.214. The lowest BCUT2D eigenvalue weighted by atomic mass is 9.73. The van der Waals surface area contributed by atoms with E-state index in [1.807, 2.05) is 35.8 Å². The number of nitrogens with one attached hydrogen (secondary N) is 1. The Bertz CT molecular complexity index is 619. The lowest BCUT2D eigenvalue weighted by Crippen LogP contribution is -2.56. The molecule has 0 bridgehead atoms. The highest BCUT2D eigenvalue weighted by atomic mass is 16.2. The highest BCUT2D eigenvalue weighted by Crippen LogP contribution is 2.39. The number of hydrogen-bond donors (Lipinski definition) is 1. The molecule has 1 aromatic heterocycles. The van der Waals surface area contributed by atoms with E-state index in [0.29, 0.717) is 13.0 Å². The first-order chi connectivity index (χ1) is 12.0. The summed E-state index contributed by atoms with van der Waals surface area (Å²) >= 11 is 0. The Morgan fingerprint density at radius 2 is 2.04 bits per heavy atom. The molecule has 2 aliphatic heterocycles. The van der Waals surface area contributed by atoms with Gasteiger partial charge in [-0.05, 0) is 50.8 Å². The topological polar surface area (TPSA) is 65.5 Å². The Morgan fingerprint density at radius 1 is 1.28 bits per heavy atom. The largest absolute Gasteiger partial charge is 0.338 e. The molecule has 6 nitrogen and oxygen atoms in total. The summed E-state index contributed by atoms with van der Waals surface area (Å²) in [5, 5.41) is 2.99. The number of rotatable bonds is 3. The minimum Gasteiger partial charge on any atom is -0.338 e. The number of pyridine rings is 1. The summed E-state index contributed by atoms with van der Waals surface area (Å²) in [6, 6.07) is 4.07. The van der Waals surface area contributed by atoms with Gasteiger partial charge in [0.05, 0.1) is 0 Å². The van der Waals surface area contributed by atoms with E-state index in [0.717, 1.165) is 44.5 Å². The van der Waals surface area contributed by atoms with Crippen LogP contribution in [0.2, 0.25) is 0 Å². The van der Waals surface area contributed by atoms with Crippen LogP contribution in [-0.4, -0.2) is 52.4 Å². The van der Waals surface area contributed by atoms with Crippen LogP contribution in [0.1, 0.15) is 45.1 Å². The van der Waals surface area contributed by atoms with E-state index in [1.165, 1.54) is 0 Å². The molecule has 1 spiro atoms. The van der Waals surface area contributed by atoms with Gasteiger partial charge in [0.15, 0.2) is 0 Å². The van der Waals surface area contributed by atoms with E-state index >= 15 is 0 Å². The molecule has 0 radical (unpaired) electrons. The molecular formula is C19H28N4O2. The lowest BCUT2D eigenvalue weighted by molar-refractivity contribution is -0.139. The first-order valence-corrected chi connectivity index (χ1v) is 9.20. The number of piperidine rings is 2. The van der Waals surface area contributed by atoms with Gasteiger partial charge in [-0.3, -0.25) is 9.78 Å². The van der Waals surface area contributed by atoms with Crippen molar-refractivity contribution in [1.29, 1.82) is 0 Å². The van der Waals surface area contributed by atoms with Crippen molar-refractivity contribution in [3.05, 3.63) is 30.1 Å². The highest BCUT2D eigenvalue weighted by Gasteiger charge is 2.42. The van der Waals surface area contributed by atoms with Gasteiger partial charge in [-0.1, -0.05) is 0 Å². The second kappa shape index (κ2) is 7.42. The summed E-state index contributed by atoms with van der Waals surface area (Å²) in [4.78, 5) is 32.7. The van der Waals surface area contributed by atoms with E-state index in [4.69, 9.17) is 0 Å². The molecule has 1 aromatic rings. The maximum atomic E-state index is 12.4. The van der Waals surface area contributed by atoms with Crippen molar-refractivity contribution in [2.24, 2.45) is 5.41 Å². The maximum absolute atomic E-state index is 12.4. The van der Waals surface area contributed by atoms with Gasteiger partial charge in [0, 0.05) is 56.5 Å². The molecule has 2 saturated heterocycles. The molecule has 25 heavy (non-hydrogen) atoms. The fourth-order valence-corrected chi connectivity index (χ4v) is 4.01. The Balaban J connectivity index is 1.68. The Hall–Kier alpha value is -2.11. The normalized spacial score (nSPS) is 24.0. The van der Waals surface area contributed by atoms with Crippen LogP contribution in [0.3, 0.4) is 0 Å². The van der Waals surface area contributed by atoms with Crippen LogP contribution < -0.4 is 5.32 Å². The smallest absolute Gasteiger partial charge is 0.317 e. The fraction of sp³-hybridized carbons (Fsp3) is 0.632. The molecule has 1 N–H and O–H groups in total. The molecular weight excluding hydrogens is 316 g/mol. The number of urea groups is 1. The van der Waals surface area contributed by atoms with Gasteiger partial charge in [-0.2, -0.15) is 0 Å². The molecule has 3 heterocycles. The first-order valence-electron chi connectivity index (χ1n) is 9.20. The van der Waals surface area contributed by atoms with Crippen LogP contribution in [0.4, 0.5) is 4.79 Å².